The first-order valence-electron chi connectivity index (χ1n) is 4.59. The molecule has 70 valence electrons. The number of nitrogens with one attached hydrogen (secondary N) is 1. The van der Waals surface area contributed by atoms with Gasteiger partial charge in [0.15, 0.2) is 0 Å². The van der Waals surface area contributed by atoms with E-state index in [1.54, 1.807) is 0 Å². The topological polar surface area (TPSA) is 32.3 Å². The standard InChI is InChI=1S/C7H17NO.C2H6/c1-7(2)3-4-8-5-6-9;1-2/h7-9H,3-6H2,1-2H3;1-2H3. The van der Waals surface area contributed by atoms with Gasteiger partial charge in [0.1, 0.15) is 0 Å². The van der Waals surface area contributed by atoms with Crippen LogP contribution in [0.4, 0.5) is 0 Å². The lowest BCUT2D eigenvalue weighted by atomic mass is 10.1. The Bertz CT molecular complexity index is 55.5. The van der Waals surface area contributed by atoms with Crippen LogP contribution in [-0.4, -0.2) is 24.8 Å². The van der Waals surface area contributed by atoms with E-state index in [2.05, 4.69) is 19.2 Å². The van der Waals surface area contributed by atoms with Gasteiger partial charge in [0, 0.05) is 6.54 Å². The quantitative estimate of drug-likeness (QED) is 0.601. The lowest BCUT2D eigenvalue weighted by Crippen LogP contribution is -2.20. The van der Waals surface area contributed by atoms with Crippen LogP contribution in [0, 0.1) is 5.92 Å². The van der Waals surface area contributed by atoms with Crippen LogP contribution in [0.15, 0.2) is 0 Å². The number of rotatable bonds is 5. The molecule has 0 bridgehead atoms. The van der Waals surface area contributed by atoms with Crippen molar-refractivity contribution in [3.8, 4) is 0 Å². The van der Waals surface area contributed by atoms with E-state index in [1.165, 1.54) is 6.42 Å². The predicted octanol–water partition coefficient (Wildman–Crippen LogP) is 1.64. The van der Waals surface area contributed by atoms with Crippen LogP contribution in [0.1, 0.15) is 34.1 Å². The van der Waals surface area contributed by atoms with Crippen molar-refractivity contribution in [2.45, 2.75) is 34.1 Å². The van der Waals surface area contributed by atoms with Gasteiger partial charge in [0.25, 0.3) is 0 Å². The van der Waals surface area contributed by atoms with Crippen LogP contribution in [-0.2, 0) is 0 Å². The summed E-state index contributed by atoms with van der Waals surface area (Å²) < 4.78 is 0. The van der Waals surface area contributed by atoms with E-state index in [0.29, 0.717) is 0 Å². The first-order chi connectivity index (χ1) is 5.27. The molecule has 0 aliphatic heterocycles. The van der Waals surface area contributed by atoms with Gasteiger partial charge in [-0.1, -0.05) is 27.7 Å². The lowest BCUT2D eigenvalue weighted by molar-refractivity contribution is 0.291. The van der Waals surface area contributed by atoms with E-state index >= 15 is 0 Å². The summed E-state index contributed by atoms with van der Waals surface area (Å²) in [6.45, 7) is 10.4. The maximum atomic E-state index is 8.37. The summed E-state index contributed by atoms with van der Waals surface area (Å²) in [6.07, 6.45) is 1.19. The molecule has 0 saturated carbocycles. The minimum absolute atomic E-state index is 0.248. The van der Waals surface area contributed by atoms with E-state index in [-0.39, 0.29) is 6.61 Å². The molecule has 2 nitrogen and oxygen atoms in total. The highest BCUT2D eigenvalue weighted by atomic mass is 16.3. The van der Waals surface area contributed by atoms with Crippen molar-refractivity contribution in [1.29, 1.82) is 0 Å². The molecule has 0 aromatic heterocycles. The van der Waals surface area contributed by atoms with E-state index < -0.39 is 0 Å². The summed E-state index contributed by atoms with van der Waals surface area (Å²) >= 11 is 0. The van der Waals surface area contributed by atoms with Crippen molar-refractivity contribution in [2.75, 3.05) is 19.7 Å². The van der Waals surface area contributed by atoms with Crippen molar-refractivity contribution < 1.29 is 5.11 Å². The maximum Gasteiger partial charge on any atom is 0.0555 e. The van der Waals surface area contributed by atoms with Crippen LogP contribution in [0.25, 0.3) is 0 Å². The fourth-order valence-electron chi connectivity index (χ4n) is 0.595. The van der Waals surface area contributed by atoms with E-state index in [0.717, 1.165) is 19.0 Å². The van der Waals surface area contributed by atoms with E-state index in [1.807, 2.05) is 13.8 Å². The largest absolute Gasteiger partial charge is 0.395 e. The van der Waals surface area contributed by atoms with Gasteiger partial charge in [0.2, 0.25) is 0 Å². The molecule has 0 aromatic rings. The van der Waals surface area contributed by atoms with Crippen molar-refractivity contribution in [1.82, 2.24) is 5.32 Å². The Morgan fingerprint density at radius 2 is 1.73 bits per heavy atom. The fourth-order valence-corrected chi connectivity index (χ4v) is 0.595. The predicted molar refractivity (Wildman–Crippen MR) is 50.8 cm³/mol. The van der Waals surface area contributed by atoms with E-state index in [9.17, 15) is 0 Å². The van der Waals surface area contributed by atoms with Crippen LogP contribution in [0.5, 0.6) is 0 Å². The molecule has 0 radical (unpaired) electrons. The van der Waals surface area contributed by atoms with Crippen molar-refractivity contribution in [2.24, 2.45) is 5.92 Å². The zero-order chi connectivity index (χ0) is 9.11. The van der Waals surface area contributed by atoms with Crippen LogP contribution in [0.2, 0.25) is 0 Å². The smallest absolute Gasteiger partial charge is 0.0555 e. The Balaban J connectivity index is 0. The average Bonchev–Trinajstić information content (AvgIpc) is 2.02. The minimum atomic E-state index is 0.248. The highest BCUT2D eigenvalue weighted by Crippen LogP contribution is 1.95. The van der Waals surface area contributed by atoms with Gasteiger partial charge >= 0.3 is 0 Å². The first kappa shape index (κ1) is 13.5. The zero-order valence-electron chi connectivity index (χ0n) is 8.35. The second-order valence-electron chi connectivity index (χ2n) is 2.66. The molecule has 0 atom stereocenters. The van der Waals surface area contributed by atoms with Crippen molar-refractivity contribution in [3.05, 3.63) is 0 Å². The fraction of sp³-hybridized carbons (Fsp3) is 1.00. The molecule has 0 aromatic carbocycles. The maximum absolute atomic E-state index is 8.37. The van der Waals surface area contributed by atoms with Crippen LogP contribution >= 0.6 is 0 Å². The Hall–Kier alpha value is -0.0800. The molecular weight excluding hydrogens is 138 g/mol. The SMILES string of the molecule is CC.CC(C)CCNCCO. The highest BCUT2D eigenvalue weighted by Gasteiger charge is 1.90. The third-order valence-corrected chi connectivity index (χ3v) is 1.19. The molecule has 0 amide bonds. The molecule has 11 heavy (non-hydrogen) atoms. The number of aliphatic hydroxyl groups excluding tert-OH is 1. The molecule has 0 rings (SSSR count). The normalized spacial score (nSPS) is 9.27. The highest BCUT2D eigenvalue weighted by molar-refractivity contribution is 4.49. The van der Waals surface area contributed by atoms with Crippen LogP contribution < -0.4 is 5.32 Å². The summed E-state index contributed by atoms with van der Waals surface area (Å²) in [7, 11) is 0. The Morgan fingerprint density at radius 1 is 1.18 bits per heavy atom. The lowest BCUT2D eigenvalue weighted by Gasteiger charge is -2.03. The summed E-state index contributed by atoms with van der Waals surface area (Å²) in [5.74, 6) is 0.760. The third kappa shape index (κ3) is 17.8. The Labute approximate surface area is 71.0 Å². The zero-order valence-corrected chi connectivity index (χ0v) is 8.35. The Kier molecular flexibility index (Phi) is 15.4. The minimum Gasteiger partial charge on any atom is -0.395 e. The second kappa shape index (κ2) is 12.6. The molecule has 0 fully saturated rings. The molecule has 0 aliphatic rings. The summed E-state index contributed by atoms with van der Waals surface area (Å²) in [5, 5.41) is 11.5. The molecule has 2 heteroatoms. The van der Waals surface area contributed by atoms with Gasteiger partial charge in [0.05, 0.1) is 6.61 Å². The van der Waals surface area contributed by atoms with Crippen LogP contribution in [0.3, 0.4) is 0 Å². The van der Waals surface area contributed by atoms with Gasteiger partial charge in [-0.15, -0.1) is 0 Å². The second-order valence-corrected chi connectivity index (χ2v) is 2.66. The van der Waals surface area contributed by atoms with Crippen molar-refractivity contribution >= 4 is 0 Å². The summed E-state index contributed by atoms with van der Waals surface area (Å²) in [5.41, 5.74) is 0. The number of hydrogen-bond donors (Lipinski definition) is 2. The third-order valence-electron chi connectivity index (χ3n) is 1.19. The van der Waals surface area contributed by atoms with Gasteiger partial charge in [-0.05, 0) is 18.9 Å². The molecule has 2 N–H and O–H groups in total. The van der Waals surface area contributed by atoms with Gasteiger partial charge in [-0.3, -0.25) is 0 Å². The summed E-state index contributed by atoms with van der Waals surface area (Å²) in [4.78, 5) is 0. The Morgan fingerprint density at radius 3 is 2.09 bits per heavy atom. The summed E-state index contributed by atoms with van der Waals surface area (Å²) in [6, 6.07) is 0. The molecule has 0 aliphatic carbocycles. The van der Waals surface area contributed by atoms with Gasteiger partial charge in [-0.2, -0.15) is 0 Å². The molecule has 0 heterocycles. The number of hydrogen-bond acceptors (Lipinski definition) is 2. The van der Waals surface area contributed by atoms with E-state index in [4.69, 9.17) is 5.11 Å². The first-order valence-corrected chi connectivity index (χ1v) is 4.59. The average molecular weight is 161 g/mol. The molecule has 0 unspecified atom stereocenters. The monoisotopic (exact) mass is 161 g/mol. The molecular formula is C9H23NO. The van der Waals surface area contributed by atoms with Gasteiger partial charge < -0.3 is 10.4 Å². The van der Waals surface area contributed by atoms with Crippen molar-refractivity contribution in [3.63, 3.8) is 0 Å². The number of aliphatic hydroxyl groups is 1. The van der Waals surface area contributed by atoms with Gasteiger partial charge in [-0.25, -0.2) is 0 Å². The molecule has 0 spiro atoms. The molecule has 0 saturated heterocycles.